The van der Waals surface area contributed by atoms with Gasteiger partial charge in [0.2, 0.25) is 0 Å². The SMILES string of the molecule is CNC(=O)NCC1CCC2(CCN(Cc3ccccc3)CC2)CO1.O=C(O)C(F)(F)F. The Labute approximate surface area is 179 Å². The van der Waals surface area contributed by atoms with E-state index >= 15 is 0 Å². The summed E-state index contributed by atoms with van der Waals surface area (Å²) in [4.78, 5) is 22.7. The van der Waals surface area contributed by atoms with Crippen LogP contribution in [-0.4, -0.2) is 67.6 Å². The van der Waals surface area contributed by atoms with Crippen LogP contribution < -0.4 is 10.6 Å². The van der Waals surface area contributed by atoms with Gasteiger partial charge in [-0.15, -0.1) is 0 Å². The molecular weight excluding hydrogens is 415 g/mol. The van der Waals surface area contributed by atoms with Crippen molar-refractivity contribution in [3.63, 3.8) is 0 Å². The van der Waals surface area contributed by atoms with E-state index < -0.39 is 12.1 Å². The van der Waals surface area contributed by atoms with E-state index in [-0.39, 0.29) is 12.1 Å². The summed E-state index contributed by atoms with van der Waals surface area (Å²) in [7, 11) is 1.63. The summed E-state index contributed by atoms with van der Waals surface area (Å²) in [5.41, 5.74) is 1.75. The van der Waals surface area contributed by atoms with E-state index in [4.69, 9.17) is 14.6 Å². The Morgan fingerprint density at radius 3 is 2.29 bits per heavy atom. The van der Waals surface area contributed by atoms with Crippen molar-refractivity contribution < 1.29 is 32.6 Å². The first-order valence-corrected chi connectivity index (χ1v) is 10.3. The third kappa shape index (κ3) is 8.37. The third-order valence-corrected chi connectivity index (χ3v) is 5.75. The first kappa shape index (κ1) is 24.9. The van der Waals surface area contributed by atoms with Crippen LogP contribution in [0.4, 0.5) is 18.0 Å². The molecule has 174 valence electrons. The molecule has 10 heteroatoms. The van der Waals surface area contributed by atoms with Crippen molar-refractivity contribution in [3.05, 3.63) is 35.9 Å². The van der Waals surface area contributed by atoms with Crippen LogP contribution in [0.1, 0.15) is 31.2 Å². The zero-order chi connectivity index (χ0) is 22.9. The van der Waals surface area contributed by atoms with Crippen molar-refractivity contribution in [2.24, 2.45) is 5.41 Å². The van der Waals surface area contributed by atoms with E-state index in [9.17, 15) is 18.0 Å². The van der Waals surface area contributed by atoms with Crippen molar-refractivity contribution in [2.75, 3.05) is 33.3 Å². The number of likely N-dealkylation sites (tertiary alicyclic amines) is 1. The van der Waals surface area contributed by atoms with E-state index in [1.807, 2.05) is 0 Å². The van der Waals surface area contributed by atoms with Gasteiger partial charge in [-0.2, -0.15) is 13.2 Å². The first-order chi connectivity index (χ1) is 14.6. The predicted octanol–water partition coefficient (Wildman–Crippen LogP) is 3.01. The third-order valence-electron chi connectivity index (χ3n) is 5.75. The van der Waals surface area contributed by atoms with E-state index in [0.717, 1.165) is 32.7 Å². The number of alkyl halides is 3. The van der Waals surface area contributed by atoms with Gasteiger partial charge in [0.05, 0.1) is 12.7 Å². The fourth-order valence-electron chi connectivity index (χ4n) is 3.79. The van der Waals surface area contributed by atoms with Crippen molar-refractivity contribution in [1.82, 2.24) is 15.5 Å². The quantitative estimate of drug-likeness (QED) is 0.663. The van der Waals surface area contributed by atoms with Gasteiger partial charge < -0.3 is 20.5 Å². The monoisotopic (exact) mass is 445 g/mol. The molecule has 31 heavy (non-hydrogen) atoms. The number of carboxylic acid groups (broad SMARTS) is 1. The van der Waals surface area contributed by atoms with Gasteiger partial charge in [0.25, 0.3) is 0 Å². The number of halogens is 3. The lowest BCUT2D eigenvalue weighted by Crippen LogP contribution is -2.48. The number of ether oxygens (including phenoxy) is 1. The molecule has 2 amide bonds. The number of aliphatic carboxylic acids is 1. The molecule has 0 bridgehead atoms. The van der Waals surface area contributed by atoms with Gasteiger partial charge in [0.15, 0.2) is 0 Å². The normalized spacial score (nSPS) is 21.0. The Morgan fingerprint density at radius 1 is 1.19 bits per heavy atom. The van der Waals surface area contributed by atoms with Crippen LogP contribution in [0, 0.1) is 5.41 Å². The molecular formula is C21H30F3N3O4. The molecule has 0 aromatic heterocycles. The van der Waals surface area contributed by atoms with Gasteiger partial charge in [-0.25, -0.2) is 9.59 Å². The Hall–Kier alpha value is -2.33. The van der Waals surface area contributed by atoms with Crippen LogP contribution in [0.2, 0.25) is 0 Å². The number of hydrogen-bond acceptors (Lipinski definition) is 4. The second-order valence-corrected chi connectivity index (χ2v) is 8.00. The van der Waals surface area contributed by atoms with Crippen LogP contribution in [0.5, 0.6) is 0 Å². The first-order valence-electron chi connectivity index (χ1n) is 10.3. The minimum absolute atomic E-state index is 0.131. The number of amides is 2. The molecule has 7 nitrogen and oxygen atoms in total. The summed E-state index contributed by atoms with van der Waals surface area (Å²) in [6.07, 6.45) is -0.227. The van der Waals surface area contributed by atoms with Crippen LogP contribution in [0.25, 0.3) is 0 Å². The minimum Gasteiger partial charge on any atom is -0.475 e. The van der Waals surface area contributed by atoms with E-state index in [1.54, 1.807) is 7.05 Å². The van der Waals surface area contributed by atoms with Gasteiger partial charge in [-0.3, -0.25) is 4.90 Å². The lowest BCUT2D eigenvalue weighted by molar-refractivity contribution is -0.192. The summed E-state index contributed by atoms with van der Waals surface area (Å²) in [5.74, 6) is -2.76. The highest BCUT2D eigenvalue weighted by atomic mass is 19.4. The number of piperidine rings is 1. The second-order valence-electron chi connectivity index (χ2n) is 8.00. The van der Waals surface area contributed by atoms with Crippen molar-refractivity contribution in [2.45, 2.75) is 44.5 Å². The molecule has 1 atom stereocenters. The topological polar surface area (TPSA) is 90.9 Å². The highest BCUT2D eigenvalue weighted by Gasteiger charge is 2.39. The minimum atomic E-state index is -5.08. The van der Waals surface area contributed by atoms with E-state index in [2.05, 4.69) is 45.9 Å². The zero-order valence-electron chi connectivity index (χ0n) is 17.6. The molecule has 1 aromatic carbocycles. The molecule has 1 spiro atoms. The summed E-state index contributed by atoms with van der Waals surface area (Å²) < 4.78 is 37.8. The number of rotatable bonds is 4. The molecule has 3 rings (SSSR count). The highest BCUT2D eigenvalue weighted by molar-refractivity contribution is 5.73. The molecule has 0 aliphatic carbocycles. The predicted molar refractivity (Wildman–Crippen MR) is 109 cm³/mol. The smallest absolute Gasteiger partial charge is 0.475 e. The van der Waals surface area contributed by atoms with Crippen LogP contribution in [-0.2, 0) is 16.1 Å². The van der Waals surface area contributed by atoms with Crippen LogP contribution in [0.3, 0.4) is 0 Å². The van der Waals surface area contributed by atoms with Gasteiger partial charge in [-0.05, 0) is 49.8 Å². The number of urea groups is 1. The van der Waals surface area contributed by atoms with Crippen LogP contribution >= 0.6 is 0 Å². The number of carbonyl (C=O) groups excluding carboxylic acids is 1. The summed E-state index contributed by atoms with van der Waals surface area (Å²) >= 11 is 0. The Morgan fingerprint density at radius 2 is 1.81 bits per heavy atom. The average Bonchev–Trinajstić information content (AvgIpc) is 2.75. The molecule has 0 saturated carbocycles. The molecule has 2 heterocycles. The van der Waals surface area contributed by atoms with Crippen LogP contribution in [0.15, 0.2) is 30.3 Å². The van der Waals surface area contributed by atoms with Gasteiger partial charge >= 0.3 is 18.2 Å². The molecule has 2 saturated heterocycles. The Bertz CT molecular complexity index is 698. The van der Waals surface area contributed by atoms with Crippen molar-refractivity contribution in [3.8, 4) is 0 Å². The van der Waals surface area contributed by atoms with Gasteiger partial charge in [0, 0.05) is 20.1 Å². The molecule has 2 aliphatic heterocycles. The largest absolute Gasteiger partial charge is 0.490 e. The van der Waals surface area contributed by atoms with Gasteiger partial charge in [0.1, 0.15) is 0 Å². The Kier molecular flexibility index (Phi) is 9.12. The lowest BCUT2D eigenvalue weighted by Gasteiger charge is -2.45. The molecule has 1 aromatic rings. The maximum Gasteiger partial charge on any atom is 0.490 e. The van der Waals surface area contributed by atoms with Gasteiger partial charge in [-0.1, -0.05) is 30.3 Å². The maximum absolute atomic E-state index is 11.3. The number of nitrogens with zero attached hydrogens (tertiary/aromatic N) is 1. The fraction of sp³-hybridized carbons (Fsp3) is 0.619. The highest BCUT2D eigenvalue weighted by Crippen LogP contribution is 2.40. The Balaban J connectivity index is 0.000000423. The van der Waals surface area contributed by atoms with E-state index in [1.165, 1.54) is 24.8 Å². The van der Waals surface area contributed by atoms with E-state index in [0.29, 0.717) is 12.0 Å². The lowest BCUT2D eigenvalue weighted by atomic mass is 9.73. The molecule has 0 radical (unpaired) electrons. The second kappa shape index (κ2) is 11.3. The molecule has 2 aliphatic rings. The summed E-state index contributed by atoms with van der Waals surface area (Å²) in [6.45, 7) is 4.80. The molecule has 1 unspecified atom stereocenters. The molecule has 3 N–H and O–H groups in total. The summed E-state index contributed by atoms with van der Waals surface area (Å²) in [5, 5.41) is 12.5. The maximum atomic E-state index is 11.3. The number of nitrogens with one attached hydrogen (secondary N) is 2. The standard InChI is InChI=1S/C19H29N3O2.C2HF3O2/c1-20-18(23)21-13-17-7-8-19(15-24-17)9-11-22(12-10-19)14-16-5-3-2-4-6-16;3-2(4,5)1(6)7/h2-6,17H,7-15H2,1H3,(H2,20,21,23);(H,6,7). The number of carbonyl (C=O) groups is 2. The zero-order valence-corrected chi connectivity index (χ0v) is 17.6. The average molecular weight is 445 g/mol. The fourth-order valence-corrected chi connectivity index (χ4v) is 3.79. The van der Waals surface area contributed by atoms with Crippen molar-refractivity contribution in [1.29, 1.82) is 0 Å². The summed E-state index contributed by atoms with van der Waals surface area (Å²) in [6, 6.07) is 10.6. The number of hydrogen-bond donors (Lipinski definition) is 3. The number of carboxylic acids is 1. The molecule has 2 fully saturated rings. The number of benzene rings is 1. The van der Waals surface area contributed by atoms with Crippen molar-refractivity contribution >= 4 is 12.0 Å².